The van der Waals surface area contributed by atoms with E-state index in [-0.39, 0.29) is 18.0 Å². The predicted molar refractivity (Wildman–Crippen MR) is 122 cm³/mol. The number of nitrogens with zero attached hydrogens (tertiary/aromatic N) is 1. The number of aromatic amines is 1. The molecule has 1 amide bonds. The van der Waals surface area contributed by atoms with E-state index < -0.39 is 0 Å². The average molecular weight is 396 g/mol. The minimum Gasteiger partial charge on any atom is -0.322 e. The van der Waals surface area contributed by atoms with E-state index in [4.69, 9.17) is 0 Å². The minimum absolute atomic E-state index is 0.131. The summed E-state index contributed by atoms with van der Waals surface area (Å²) in [5, 5.41) is 0.955. The number of fused-ring (bicyclic) bond motifs is 1. The molecule has 0 radical (unpaired) electrons. The van der Waals surface area contributed by atoms with Crippen molar-refractivity contribution in [3.8, 4) is 0 Å². The number of hydrogen-bond acceptors (Lipinski definition) is 2. The van der Waals surface area contributed by atoms with Gasteiger partial charge in [0.2, 0.25) is 0 Å². The number of H-pyrrole nitrogens is 1. The summed E-state index contributed by atoms with van der Waals surface area (Å²) < 4.78 is 0. The predicted octanol–water partition coefficient (Wildman–Crippen LogP) is 5.30. The molecule has 1 aromatic heterocycles. The quantitative estimate of drug-likeness (QED) is 0.509. The van der Waals surface area contributed by atoms with Crippen LogP contribution in [0.2, 0.25) is 0 Å². The Morgan fingerprint density at radius 3 is 2.27 bits per heavy atom. The highest BCUT2D eigenvalue weighted by atomic mass is 16.2. The molecule has 4 heteroatoms. The molecular formula is C26H24N2O2. The molecule has 0 atom stereocenters. The first kappa shape index (κ1) is 19.6. The topological polar surface area (TPSA) is 53.2 Å². The van der Waals surface area contributed by atoms with E-state index in [0.29, 0.717) is 11.1 Å². The van der Waals surface area contributed by atoms with Crippen LogP contribution in [0.5, 0.6) is 0 Å². The number of carbonyl (C=O) groups is 1. The fourth-order valence-electron chi connectivity index (χ4n) is 3.67. The van der Waals surface area contributed by atoms with Gasteiger partial charge in [-0.3, -0.25) is 9.59 Å². The first-order valence-electron chi connectivity index (χ1n) is 9.98. The number of pyridine rings is 1. The third-order valence-corrected chi connectivity index (χ3v) is 5.23. The molecule has 0 saturated carbocycles. The van der Waals surface area contributed by atoms with Crippen molar-refractivity contribution < 1.29 is 4.79 Å². The van der Waals surface area contributed by atoms with Gasteiger partial charge < -0.3 is 9.88 Å². The molecule has 4 rings (SSSR count). The van der Waals surface area contributed by atoms with Crippen LogP contribution in [0.25, 0.3) is 10.9 Å². The molecule has 0 aliphatic rings. The number of carbonyl (C=O) groups excluding carboxylic acids is 1. The highest BCUT2D eigenvalue weighted by molar-refractivity contribution is 6.06. The number of aromatic nitrogens is 1. The molecule has 150 valence electrons. The summed E-state index contributed by atoms with van der Waals surface area (Å²) in [6.07, 6.45) is 0. The Morgan fingerprint density at radius 1 is 0.833 bits per heavy atom. The second kappa shape index (κ2) is 7.99. The molecule has 4 aromatic rings. The highest BCUT2D eigenvalue weighted by Crippen LogP contribution is 2.22. The van der Waals surface area contributed by atoms with Crippen molar-refractivity contribution >= 4 is 22.5 Å². The van der Waals surface area contributed by atoms with Crippen molar-refractivity contribution in [3.05, 3.63) is 111 Å². The van der Waals surface area contributed by atoms with Crippen LogP contribution in [0.15, 0.2) is 77.6 Å². The van der Waals surface area contributed by atoms with E-state index >= 15 is 0 Å². The SMILES string of the molecule is Cc1cccc(C(=O)N(Cc2cc3cc(C)ccc3[nH]c2=O)c2cccc(C)c2)c1. The fourth-order valence-corrected chi connectivity index (χ4v) is 3.67. The summed E-state index contributed by atoms with van der Waals surface area (Å²) in [6, 6.07) is 23.1. The highest BCUT2D eigenvalue weighted by Gasteiger charge is 2.20. The Bertz CT molecular complexity index is 1300. The summed E-state index contributed by atoms with van der Waals surface area (Å²) in [7, 11) is 0. The largest absolute Gasteiger partial charge is 0.322 e. The molecule has 0 saturated heterocycles. The third-order valence-electron chi connectivity index (χ3n) is 5.23. The fraction of sp³-hybridized carbons (Fsp3) is 0.154. The molecule has 0 spiro atoms. The van der Waals surface area contributed by atoms with Crippen LogP contribution in [0.3, 0.4) is 0 Å². The lowest BCUT2D eigenvalue weighted by Crippen LogP contribution is -2.33. The summed E-state index contributed by atoms with van der Waals surface area (Å²) in [5.41, 5.74) is 5.72. The maximum absolute atomic E-state index is 13.5. The van der Waals surface area contributed by atoms with Gasteiger partial charge in [0.1, 0.15) is 0 Å². The van der Waals surface area contributed by atoms with E-state index in [1.54, 1.807) is 4.90 Å². The van der Waals surface area contributed by atoms with Gasteiger partial charge in [-0.25, -0.2) is 0 Å². The molecule has 0 aliphatic carbocycles. The smallest absolute Gasteiger partial charge is 0.258 e. The zero-order valence-corrected chi connectivity index (χ0v) is 17.4. The van der Waals surface area contributed by atoms with Gasteiger partial charge in [-0.15, -0.1) is 0 Å². The Labute approximate surface area is 175 Å². The van der Waals surface area contributed by atoms with E-state index in [2.05, 4.69) is 4.98 Å². The summed E-state index contributed by atoms with van der Waals surface area (Å²) in [4.78, 5) is 30.9. The van der Waals surface area contributed by atoms with Gasteiger partial charge in [0, 0.05) is 22.3 Å². The van der Waals surface area contributed by atoms with Gasteiger partial charge in [-0.05, 0) is 74.2 Å². The van der Waals surface area contributed by atoms with Gasteiger partial charge in [0.05, 0.1) is 6.54 Å². The first-order valence-corrected chi connectivity index (χ1v) is 9.98. The molecular weight excluding hydrogens is 372 g/mol. The number of amides is 1. The average Bonchev–Trinajstić information content (AvgIpc) is 2.72. The van der Waals surface area contributed by atoms with Crippen LogP contribution in [0.4, 0.5) is 5.69 Å². The van der Waals surface area contributed by atoms with Gasteiger partial charge in [-0.2, -0.15) is 0 Å². The summed E-state index contributed by atoms with van der Waals surface area (Å²) >= 11 is 0. The van der Waals surface area contributed by atoms with Crippen LogP contribution in [-0.2, 0) is 6.54 Å². The lowest BCUT2D eigenvalue weighted by atomic mass is 10.1. The number of benzene rings is 3. The van der Waals surface area contributed by atoms with E-state index in [0.717, 1.165) is 33.3 Å². The first-order chi connectivity index (χ1) is 14.4. The number of anilines is 1. The van der Waals surface area contributed by atoms with Crippen LogP contribution < -0.4 is 10.5 Å². The standard InChI is InChI=1S/C26H24N2O2/c1-17-6-4-8-20(12-17)26(30)28(23-9-5-7-18(2)14-23)16-22-15-21-13-19(3)10-11-24(21)27-25(22)29/h4-15H,16H2,1-3H3,(H,27,29). The van der Waals surface area contributed by atoms with Crippen molar-refractivity contribution in [2.75, 3.05) is 4.90 Å². The zero-order valence-electron chi connectivity index (χ0n) is 17.4. The monoisotopic (exact) mass is 396 g/mol. The van der Waals surface area contributed by atoms with Gasteiger partial charge in [0.15, 0.2) is 0 Å². The van der Waals surface area contributed by atoms with Crippen LogP contribution in [0.1, 0.15) is 32.6 Å². The lowest BCUT2D eigenvalue weighted by molar-refractivity contribution is 0.0985. The van der Waals surface area contributed by atoms with Gasteiger partial charge >= 0.3 is 0 Å². The summed E-state index contributed by atoms with van der Waals surface area (Å²) in [6.45, 7) is 6.16. The maximum Gasteiger partial charge on any atom is 0.258 e. The van der Waals surface area contributed by atoms with Crippen LogP contribution in [-0.4, -0.2) is 10.9 Å². The van der Waals surface area contributed by atoms with E-state index in [9.17, 15) is 9.59 Å². The molecule has 4 nitrogen and oxygen atoms in total. The normalized spacial score (nSPS) is 10.9. The molecule has 0 unspecified atom stereocenters. The molecule has 0 bridgehead atoms. The minimum atomic E-state index is -0.180. The molecule has 3 aromatic carbocycles. The maximum atomic E-state index is 13.5. The molecule has 0 aliphatic heterocycles. The molecule has 1 heterocycles. The lowest BCUT2D eigenvalue weighted by Gasteiger charge is -2.23. The molecule has 1 N–H and O–H groups in total. The number of rotatable bonds is 4. The number of nitrogens with one attached hydrogen (secondary N) is 1. The van der Waals surface area contributed by atoms with Gasteiger partial charge in [0.25, 0.3) is 11.5 Å². The molecule has 30 heavy (non-hydrogen) atoms. The second-order valence-electron chi connectivity index (χ2n) is 7.81. The summed E-state index contributed by atoms with van der Waals surface area (Å²) in [5.74, 6) is -0.131. The second-order valence-corrected chi connectivity index (χ2v) is 7.81. The Morgan fingerprint density at radius 2 is 1.53 bits per heavy atom. The van der Waals surface area contributed by atoms with Crippen molar-refractivity contribution in [2.24, 2.45) is 0 Å². The third kappa shape index (κ3) is 4.03. The van der Waals surface area contributed by atoms with Crippen molar-refractivity contribution in [1.82, 2.24) is 4.98 Å². The van der Waals surface area contributed by atoms with Crippen LogP contribution >= 0.6 is 0 Å². The van der Waals surface area contributed by atoms with Crippen molar-refractivity contribution in [1.29, 1.82) is 0 Å². The van der Waals surface area contributed by atoms with E-state index in [1.165, 1.54) is 0 Å². The van der Waals surface area contributed by atoms with Crippen molar-refractivity contribution in [2.45, 2.75) is 27.3 Å². The van der Waals surface area contributed by atoms with Crippen molar-refractivity contribution in [3.63, 3.8) is 0 Å². The van der Waals surface area contributed by atoms with Crippen LogP contribution in [0, 0.1) is 20.8 Å². The number of hydrogen-bond donors (Lipinski definition) is 1. The Hall–Kier alpha value is -3.66. The Kier molecular flexibility index (Phi) is 5.23. The zero-order chi connectivity index (χ0) is 21.3. The van der Waals surface area contributed by atoms with E-state index in [1.807, 2.05) is 93.6 Å². The Balaban J connectivity index is 1.80. The molecule has 0 fully saturated rings. The number of aryl methyl sites for hydroxylation is 3. The van der Waals surface area contributed by atoms with Gasteiger partial charge in [-0.1, -0.05) is 41.5 Å².